The number of rotatable bonds is 12. The van der Waals surface area contributed by atoms with Crippen molar-refractivity contribution >= 4 is 0 Å². The second-order valence-electron chi connectivity index (χ2n) is 5.14. The van der Waals surface area contributed by atoms with Gasteiger partial charge >= 0.3 is 0 Å². The molecule has 1 heteroatoms. The quantitative estimate of drug-likeness (QED) is 0.243. The van der Waals surface area contributed by atoms with Crippen LogP contribution >= 0.6 is 0 Å². The van der Waals surface area contributed by atoms with E-state index in [4.69, 9.17) is 0 Å². The second kappa shape index (κ2) is 15.1. The summed E-state index contributed by atoms with van der Waals surface area (Å²) in [6.07, 6.45) is 22.7. The predicted octanol–water partition coefficient (Wildman–Crippen LogP) is 6.48. The highest BCUT2D eigenvalue weighted by Gasteiger charge is 1.91. The van der Waals surface area contributed by atoms with Crippen LogP contribution in [-0.2, 0) is 0 Å². The molecule has 1 N–H and O–H groups in total. The van der Waals surface area contributed by atoms with E-state index in [1.165, 1.54) is 57.8 Å². The van der Waals surface area contributed by atoms with Crippen LogP contribution in [0, 0.1) is 0 Å². The number of hydrogen-bond acceptors (Lipinski definition) is 1. The molecule has 0 rings (SSSR count). The van der Waals surface area contributed by atoms with Crippen LogP contribution < -0.4 is 0 Å². The summed E-state index contributed by atoms with van der Waals surface area (Å²) in [6.45, 7) is 4.20. The zero-order chi connectivity index (χ0) is 14.2. The Labute approximate surface area is 120 Å². The highest BCUT2D eigenvalue weighted by molar-refractivity contribution is 5.16. The van der Waals surface area contributed by atoms with Gasteiger partial charge in [-0.05, 0) is 31.9 Å². The third-order valence-electron chi connectivity index (χ3n) is 3.22. The van der Waals surface area contributed by atoms with E-state index < -0.39 is 0 Å². The Balaban J connectivity index is 3.29. The lowest BCUT2D eigenvalue weighted by molar-refractivity contribution is 0.432. The van der Waals surface area contributed by atoms with Crippen LogP contribution in [0.15, 0.2) is 36.1 Å². The van der Waals surface area contributed by atoms with Gasteiger partial charge in [-0.25, -0.2) is 0 Å². The van der Waals surface area contributed by atoms with Crippen LogP contribution in [0.2, 0.25) is 0 Å². The molecule has 0 unspecified atom stereocenters. The maximum absolute atomic E-state index is 9.45. The van der Waals surface area contributed by atoms with Gasteiger partial charge in [0, 0.05) is 0 Å². The van der Waals surface area contributed by atoms with Crippen molar-refractivity contribution in [3.05, 3.63) is 36.1 Å². The SMILES string of the molecule is C/C=C/C=C(O)/C=C/CCCCCCCCCCC. The van der Waals surface area contributed by atoms with Crippen molar-refractivity contribution < 1.29 is 5.11 Å². The standard InChI is InChI=1S/C18H32O/c1-3-5-7-8-9-10-11-12-13-14-15-17-18(19)16-6-4-2/h4,6,15-17,19H,3,5,7-14H2,1-2H3/b6-4+,17-15+,18-16-. The first-order chi connectivity index (χ1) is 9.31. The highest BCUT2D eigenvalue weighted by atomic mass is 16.3. The van der Waals surface area contributed by atoms with E-state index in [1.807, 2.05) is 19.1 Å². The average Bonchev–Trinajstić information content (AvgIpc) is 2.42. The van der Waals surface area contributed by atoms with Gasteiger partial charge in [0.2, 0.25) is 0 Å². The molecule has 0 aromatic heterocycles. The normalized spacial score (nSPS) is 12.8. The monoisotopic (exact) mass is 264 g/mol. The molecule has 0 amide bonds. The maximum Gasteiger partial charge on any atom is 0.115 e. The van der Waals surface area contributed by atoms with E-state index >= 15 is 0 Å². The van der Waals surface area contributed by atoms with Gasteiger partial charge in [-0.1, -0.05) is 76.5 Å². The Morgan fingerprint density at radius 3 is 2.05 bits per heavy atom. The van der Waals surface area contributed by atoms with Crippen molar-refractivity contribution in [2.45, 2.75) is 78.1 Å². The fourth-order valence-corrected chi connectivity index (χ4v) is 2.03. The molecule has 19 heavy (non-hydrogen) atoms. The Hall–Kier alpha value is -0.980. The number of unbranched alkanes of at least 4 members (excludes halogenated alkanes) is 9. The minimum absolute atomic E-state index is 0.342. The van der Waals surface area contributed by atoms with Gasteiger partial charge in [0.1, 0.15) is 5.76 Å². The van der Waals surface area contributed by atoms with Gasteiger partial charge in [0.15, 0.2) is 0 Å². The fourth-order valence-electron chi connectivity index (χ4n) is 2.03. The molecule has 0 saturated heterocycles. The Morgan fingerprint density at radius 1 is 0.895 bits per heavy atom. The first-order valence-electron chi connectivity index (χ1n) is 7.99. The summed E-state index contributed by atoms with van der Waals surface area (Å²) >= 11 is 0. The summed E-state index contributed by atoms with van der Waals surface area (Å²) in [7, 11) is 0. The Kier molecular flexibility index (Phi) is 14.3. The average molecular weight is 264 g/mol. The summed E-state index contributed by atoms with van der Waals surface area (Å²) in [5, 5.41) is 9.45. The lowest BCUT2D eigenvalue weighted by atomic mass is 10.1. The van der Waals surface area contributed by atoms with Crippen molar-refractivity contribution in [2.24, 2.45) is 0 Å². The van der Waals surface area contributed by atoms with E-state index in [9.17, 15) is 5.11 Å². The van der Waals surface area contributed by atoms with E-state index in [0.717, 1.165) is 6.42 Å². The molecular formula is C18H32O. The molecule has 1 nitrogen and oxygen atoms in total. The molecule has 0 saturated carbocycles. The lowest BCUT2D eigenvalue weighted by Crippen LogP contribution is -1.81. The zero-order valence-electron chi connectivity index (χ0n) is 12.9. The van der Waals surface area contributed by atoms with Crippen molar-refractivity contribution in [1.82, 2.24) is 0 Å². The van der Waals surface area contributed by atoms with Crippen molar-refractivity contribution in [3.8, 4) is 0 Å². The molecule has 110 valence electrons. The van der Waals surface area contributed by atoms with Crippen LogP contribution in [0.4, 0.5) is 0 Å². The van der Waals surface area contributed by atoms with E-state index in [-0.39, 0.29) is 0 Å². The molecule has 0 aliphatic heterocycles. The molecule has 0 aliphatic rings. The first kappa shape index (κ1) is 18.0. The smallest absolute Gasteiger partial charge is 0.115 e. The van der Waals surface area contributed by atoms with Gasteiger partial charge in [-0.15, -0.1) is 0 Å². The van der Waals surface area contributed by atoms with E-state index in [0.29, 0.717) is 5.76 Å². The summed E-state index contributed by atoms with van der Waals surface area (Å²) in [4.78, 5) is 0. The maximum atomic E-state index is 9.45. The second-order valence-corrected chi connectivity index (χ2v) is 5.14. The van der Waals surface area contributed by atoms with Crippen LogP contribution in [0.1, 0.15) is 78.1 Å². The number of aliphatic hydroxyl groups excluding tert-OH is 1. The van der Waals surface area contributed by atoms with E-state index in [1.54, 1.807) is 12.2 Å². The molecule has 0 spiro atoms. The summed E-state index contributed by atoms with van der Waals surface area (Å²) in [5.41, 5.74) is 0. The van der Waals surface area contributed by atoms with Crippen LogP contribution in [0.3, 0.4) is 0 Å². The van der Waals surface area contributed by atoms with Crippen LogP contribution in [-0.4, -0.2) is 5.11 Å². The van der Waals surface area contributed by atoms with Crippen molar-refractivity contribution in [3.63, 3.8) is 0 Å². The Bertz CT molecular complexity index is 261. The molecule has 0 aromatic carbocycles. The number of aliphatic hydroxyl groups is 1. The van der Waals surface area contributed by atoms with Crippen molar-refractivity contribution in [2.75, 3.05) is 0 Å². The Morgan fingerprint density at radius 2 is 1.47 bits per heavy atom. The third-order valence-corrected chi connectivity index (χ3v) is 3.22. The predicted molar refractivity (Wildman–Crippen MR) is 86.5 cm³/mol. The minimum Gasteiger partial charge on any atom is -0.508 e. The topological polar surface area (TPSA) is 20.2 Å². The first-order valence-corrected chi connectivity index (χ1v) is 7.99. The molecule has 0 fully saturated rings. The minimum atomic E-state index is 0.342. The third kappa shape index (κ3) is 15.0. The molecule has 0 bridgehead atoms. The molecule has 0 radical (unpaired) electrons. The van der Waals surface area contributed by atoms with Crippen LogP contribution in [0.25, 0.3) is 0 Å². The van der Waals surface area contributed by atoms with Gasteiger partial charge in [0.05, 0.1) is 0 Å². The van der Waals surface area contributed by atoms with Gasteiger partial charge < -0.3 is 5.11 Å². The molecule has 0 atom stereocenters. The largest absolute Gasteiger partial charge is 0.508 e. The summed E-state index contributed by atoms with van der Waals surface area (Å²) in [5.74, 6) is 0.342. The van der Waals surface area contributed by atoms with Gasteiger partial charge in [-0.2, -0.15) is 0 Å². The van der Waals surface area contributed by atoms with Gasteiger partial charge in [-0.3, -0.25) is 0 Å². The summed E-state index contributed by atoms with van der Waals surface area (Å²) in [6, 6.07) is 0. The molecule has 0 aromatic rings. The fraction of sp³-hybridized carbons (Fsp3) is 0.667. The van der Waals surface area contributed by atoms with Crippen molar-refractivity contribution in [1.29, 1.82) is 0 Å². The number of hydrogen-bond donors (Lipinski definition) is 1. The highest BCUT2D eigenvalue weighted by Crippen LogP contribution is 2.10. The lowest BCUT2D eigenvalue weighted by Gasteiger charge is -2.00. The molecule has 0 heterocycles. The summed E-state index contributed by atoms with van der Waals surface area (Å²) < 4.78 is 0. The molecule has 0 aliphatic carbocycles. The van der Waals surface area contributed by atoms with Gasteiger partial charge in [0.25, 0.3) is 0 Å². The molecular weight excluding hydrogens is 232 g/mol. The zero-order valence-corrected chi connectivity index (χ0v) is 12.9. The van der Waals surface area contributed by atoms with Crippen LogP contribution in [0.5, 0.6) is 0 Å². The number of allylic oxidation sites excluding steroid dienone is 5. The van der Waals surface area contributed by atoms with E-state index in [2.05, 4.69) is 13.0 Å².